The molecule has 0 unspecified atom stereocenters. The normalized spacial score (nSPS) is 17.2. The Morgan fingerprint density at radius 2 is 2.20 bits per heavy atom. The molecule has 0 saturated carbocycles. The average molecular weight is 338 g/mol. The highest BCUT2D eigenvalue weighted by Gasteiger charge is 2.22. The number of aromatic nitrogens is 5. The fourth-order valence-electron chi connectivity index (χ4n) is 3.18. The second kappa shape index (κ2) is 6.40. The van der Waals surface area contributed by atoms with Crippen molar-refractivity contribution in [3.8, 4) is 0 Å². The first-order valence-corrected chi connectivity index (χ1v) is 8.74. The fraction of sp³-hybridized carbons (Fsp3) is 0.444. The van der Waals surface area contributed by atoms with Gasteiger partial charge < -0.3 is 5.32 Å². The summed E-state index contributed by atoms with van der Waals surface area (Å²) in [6, 6.07) is 7.47. The molecule has 7 nitrogen and oxygen atoms in total. The van der Waals surface area contributed by atoms with Crippen molar-refractivity contribution in [1.82, 2.24) is 29.5 Å². The Labute approximate surface area is 145 Å². The Kier molecular flexibility index (Phi) is 4.09. The van der Waals surface area contributed by atoms with Crippen LogP contribution in [0.15, 0.2) is 35.3 Å². The van der Waals surface area contributed by atoms with Crippen molar-refractivity contribution in [3.05, 3.63) is 58.2 Å². The quantitative estimate of drug-likeness (QED) is 0.780. The fourth-order valence-corrected chi connectivity index (χ4v) is 3.18. The summed E-state index contributed by atoms with van der Waals surface area (Å²) >= 11 is 0. The molecule has 0 aliphatic carbocycles. The third-order valence-corrected chi connectivity index (χ3v) is 4.59. The van der Waals surface area contributed by atoms with Gasteiger partial charge >= 0.3 is 0 Å². The summed E-state index contributed by atoms with van der Waals surface area (Å²) in [5.41, 5.74) is 1.39. The van der Waals surface area contributed by atoms with Crippen molar-refractivity contribution in [2.45, 2.75) is 51.7 Å². The first-order valence-electron chi connectivity index (χ1n) is 8.74. The van der Waals surface area contributed by atoms with Gasteiger partial charge in [-0.2, -0.15) is 5.10 Å². The molecule has 130 valence electrons. The van der Waals surface area contributed by atoms with E-state index in [2.05, 4.69) is 34.2 Å². The van der Waals surface area contributed by atoms with E-state index in [0.717, 1.165) is 36.7 Å². The van der Waals surface area contributed by atoms with E-state index in [4.69, 9.17) is 0 Å². The lowest BCUT2D eigenvalue weighted by molar-refractivity contribution is 0.356. The van der Waals surface area contributed by atoms with Crippen LogP contribution in [0, 0.1) is 0 Å². The van der Waals surface area contributed by atoms with Crippen LogP contribution in [0.4, 0.5) is 0 Å². The number of hydrogen-bond donors (Lipinski definition) is 1. The summed E-state index contributed by atoms with van der Waals surface area (Å²) in [7, 11) is 0. The Morgan fingerprint density at radius 1 is 1.32 bits per heavy atom. The van der Waals surface area contributed by atoms with Crippen LogP contribution >= 0.6 is 0 Å². The van der Waals surface area contributed by atoms with E-state index in [1.165, 1.54) is 0 Å². The molecule has 4 rings (SSSR count). The molecule has 0 amide bonds. The maximum atomic E-state index is 12.2. The Hall–Kier alpha value is -2.54. The zero-order valence-electron chi connectivity index (χ0n) is 14.5. The number of rotatable bonds is 4. The van der Waals surface area contributed by atoms with Crippen molar-refractivity contribution in [2.75, 3.05) is 0 Å². The Balaban J connectivity index is 1.46. The van der Waals surface area contributed by atoms with Crippen molar-refractivity contribution < 1.29 is 0 Å². The smallest absolute Gasteiger partial charge is 0.258 e. The van der Waals surface area contributed by atoms with Crippen LogP contribution in [-0.2, 0) is 19.5 Å². The van der Waals surface area contributed by atoms with Crippen LogP contribution in [0.3, 0.4) is 0 Å². The van der Waals surface area contributed by atoms with E-state index in [0.29, 0.717) is 24.2 Å². The average Bonchev–Trinajstić information content (AvgIpc) is 3.04. The minimum atomic E-state index is -0.0498. The number of nitrogens with zero attached hydrogens (tertiary/aromatic N) is 5. The first-order chi connectivity index (χ1) is 12.1. The predicted octanol–water partition coefficient (Wildman–Crippen LogP) is 1.51. The van der Waals surface area contributed by atoms with E-state index in [9.17, 15) is 4.79 Å². The lowest BCUT2D eigenvalue weighted by Gasteiger charge is -2.23. The Bertz CT molecular complexity index is 958. The number of aryl methyl sites for hydroxylation is 1. The molecular formula is C18H22N6O. The van der Waals surface area contributed by atoms with Crippen LogP contribution in [-0.4, -0.2) is 30.2 Å². The number of pyridine rings is 1. The molecule has 7 heteroatoms. The third kappa shape index (κ3) is 3.19. The predicted molar refractivity (Wildman–Crippen MR) is 94.5 cm³/mol. The van der Waals surface area contributed by atoms with Gasteiger partial charge in [0.15, 0.2) is 5.82 Å². The Morgan fingerprint density at radius 3 is 3.04 bits per heavy atom. The molecule has 1 N–H and O–H groups in total. The molecule has 0 spiro atoms. The molecule has 3 aromatic heterocycles. The molecule has 25 heavy (non-hydrogen) atoms. The minimum absolute atomic E-state index is 0.0498. The third-order valence-electron chi connectivity index (χ3n) is 4.59. The van der Waals surface area contributed by atoms with Gasteiger partial charge in [0, 0.05) is 37.2 Å². The zero-order valence-corrected chi connectivity index (χ0v) is 14.5. The molecule has 1 atom stereocenters. The van der Waals surface area contributed by atoms with E-state index < -0.39 is 0 Å². The molecule has 3 aromatic rings. The van der Waals surface area contributed by atoms with Gasteiger partial charge in [0.05, 0.1) is 12.2 Å². The van der Waals surface area contributed by atoms with Gasteiger partial charge in [-0.05, 0) is 18.6 Å². The van der Waals surface area contributed by atoms with Gasteiger partial charge in [-0.1, -0.05) is 19.9 Å². The number of hydrogen-bond acceptors (Lipinski definition) is 5. The monoisotopic (exact) mass is 338 g/mol. The number of nitrogens with one attached hydrogen (secondary N) is 1. The topological polar surface area (TPSA) is 77.1 Å². The maximum absolute atomic E-state index is 12.2. The van der Waals surface area contributed by atoms with Gasteiger partial charge in [-0.3, -0.25) is 9.20 Å². The molecule has 1 aliphatic rings. The van der Waals surface area contributed by atoms with E-state index in [1.54, 1.807) is 16.7 Å². The lowest BCUT2D eigenvalue weighted by atomic mass is 10.1. The van der Waals surface area contributed by atoms with Crippen LogP contribution < -0.4 is 10.9 Å². The standard InChI is InChI=1S/C18H22N6O/c1-12(2)18-21-16-7-6-13(11-24(16)22-18)19-10-14-9-17(25)23-8-4-3-5-15(23)20-14/h3-5,8-9,12-13,19H,6-7,10-11H2,1-2H3/t13-/m0/s1. The second-order valence-electron chi connectivity index (χ2n) is 6.85. The molecule has 0 radical (unpaired) electrons. The highest BCUT2D eigenvalue weighted by atomic mass is 16.1. The summed E-state index contributed by atoms with van der Waals surface area (Å²) < 4.78 is 3.57. The second-order valence-corrected chi connectivity index (χ2v) is 6.85. The van der Waals surface area contributed by atoms with E-state index in [1.807, 2.05) is 22.9 Å². The van der Waals surface area contributed by atoms with Gasteiger partial charge in [-0.25, -0.2) is 14.6 Å². The van der Waals surface area contributed by atoms with Crippen molar-refractivity contribution >= 4 is 5.65 Å². The molecular weight excluding hydrogens is 316 g/mol. The van der Waals surface area contributed by atoms with E-state index >= 15 is 0 Å². The van der Waals surface area contributed by atoms with E-state index in [-0.39, 0.29) is 5.56 Å². The SMILES string of the molecule is CC(C)c1nc2n(n1)C[C@@H](NCc1cc(=O)n3ccccc3n1)CC2. The molecule has 0 bridgehead atoms. The molecule has 4 heterocycles. The lowest BCUT2D eigenvalue weighted by Crippen LogP contribution is -2.37. The van der Waals surface area contributed by atoms with Gasteiger partial charge in [0.2, 0.25) is 0 Å². The summed E-state index contributed by atoms with van der Waals surface area (Å²) in [4.78, 5) is 21.3. The molecule has 1 aliphatic heterocycles. The summed E-state index contributed by atoms with van der Waals surface area (Å²) in [6.45, 7) is 5.61. The number of fused-ring (bicyclic) bond motifs is 2. The van der Waals surface area contributed by atoms with Gasteiger partial charge in [0.1, 0.15) is 11.5 Å². The highest BCUT2D eigenvalue weighted by Crippen LogP contribution is 2.17. The van der Waals surface area contributed by atoms with Crippen molar-refractivity contribution in [3.63, 3.8) is 0 Å². The van der Waals surface area contributed by atoms with Crippen molar-refractivity contribution in [2.24, 2.45) is 0 Å². The highest BCUT2D eigenvalue weighted by molar-refractivity contribution is 5.37. The van der Waals surface area contributed by atoms with Crippen LogP contribution in [0.2, 0.25) is 0 Å². The van der Waals surface area contributed by atoms with Crippen LogP contribution in [0.25, 0.3) is 5.65 Å². The first kappa shape index (κ1) is 16.0. The summed E-state index contributed by atoms with van der Waals surface area (Å²) in [6.07, 6.45) is 3.68. The molecule has 0 aromatic carbocycles. The summed E-state index contributed by atoms with van der Waals surface area (Å²) in [5, 5.41) is 8.12. The van der Waals surface area contributed by atoms with Crippen LogP contribution in [0.5, 0.6) is 0 Å². The minimum Gasteiger partial charge on any atom is -0.307 e. The van der Waals surface area contributed by atoms with Gasteiger partial charge in [0.25, 0.3) is 5.56 Å². The summed E-state index contributed by atoms with van der Waals surface area (Å²) in [5.74, 6) is 2.34. The largest absolute Gasteiger partial charge is 0.307 e. The van der Waals surface area contributed by atoms with Crippen molar-refractivity contribution in [1.29, 1.82) is 0 Å². The maximum Gasteiger partial charge on any atom is 0.258 e. The molecule has 0 saturated heterocycles. The molecule has 0 fully saturated rings. The van der Waals surface area contributed by atoms with Gasteiger partial charge in [-0.15, -0.1) is 0 Å². The zero-order chi connectivity index (χ0) is 17.4. The van der Waals surface area contributed by atoms with Crippen LogP contribution in [0.1, 0.15) is 43.5 Å².